The zero-order valence-electron chi connectivity index (χ0n) is 13.1. The van der Waals surface area contributed by atoms with Crippen LogP contribution in [-0.4, -0.2) is 18.6 Å². The summed E-state index contributed by atoms with van der Waals surface area (Å²) in [6.07, 6.45) is 6.63. The van der Waals surface area contributed by atoms with Gasteiger partial charge in [-0.05, 0) is 59.2 Å². The smallest absolute Gasteiger partial charge is 0.123 e. The Kier molecular flexibility index (Phi) is 3.41. The molecule has 2 heterocycles. The maximum absolute atomic E-state index is 13.8. The molecule has 0 amide bonds. The Balaban J connectivity index is 2.09. The summed E-state index contributed by atoms with van der Waals surface area (Å²) in [7, 11) is 1.67. The minimum absolute atomic E-state index is 0.211. The molecule has 0 saturated carbocycles. The second kappa shape index (κ2) is 5.58. The largest absolute Gasteiger partial charge is 0.497 e. The van der Waals surface area contributed by atoms with Crippen molar-refractivity contribution < 1.29 is 9.13 Å². The van der Waals surface area contributed by atoms with Gasteiger partial charge in [0.1, 0.15) is 11.6 Å². The van der Waals surface area contributed by atoms with Gasteiger partial charge >= 0.3 is 0 Å². The third-order valence-electron chi connectivity index (χ3n) is 4.44. The van der Waals surface area contributed by atoms with Gasteiger partial charge in [-0.2, -0.15) is 0 Å². The summed E-state index contributed by atoms with van der Waals surface area (Å²) in [5.74, 6) is 0.605. The topological polar surface area (TPSA) is 12.5 Å². The summed E-state index contributed by atoms with van der Waals surface area (Å²) < 4.78 is 19.2. The van der Waals surface area contributed by atoms with Crippen LogP contribution in [0.25, 0.3) is 11.8 Å². The van der Waals surface area contributed by atoms with Crippen molar-refractivity contribution >= 4 is 11.8 Å². The summed E-state index contributed by atoms with van der Waals surface area (Å²) in [5, 5.41) is 2.24. The second-order valence-electron chi connectivity index (χ2n) is 5.89. The molecule has 0 radical (unpaired) electrons. The monoisotopic (exact) mass is 307 g/mol. The van der Waals surface area contributed by atoms with Gasteiger partial charge in [-0.25, -0.2) is 4.39 Å². The molecule has 4 rings (SSSR count). The van der Waals surface area contributed by atoms with Gasteiger partial charge in [0.05, 0.1) is 7.11 Å². The molecule has 0 fully saturated rings. The van der Waals surface area contributed by atoms with E-state index in [9.17, 15) is 4.39 Å². The number of nitrogens with zero attached hydrogens (tertiary/aromatic N) is 1. The van der Waals surface area contributed by atoms with Crippen LogP contribution in [0.5, 0.6) is 5.75 Å². The summed E-state index contributed by atoms with van der Waals surface area (Å²) in [6, 6.07) is 12.9. The van der Waals surface area contributed by atoms with E-state index in [4.69, 9.17) is 4.74 Å². The van der Waals surface area contributed by atoms with Gasteiger partial charge in [-0.15, -0.1) is 0 Å². The minimum Gasteiger partial charge on any atom is -0.497 e. The van der Waals surface area contributed by atoms with Crippen LogP contribution in [0.4, 0.5) is 4.39 Å². The molecule has 2 aromatic carbocycles. The van der Waals surface area contributed by atoms with Gasteiger partial charge < -0.3 is 9.64 Å². The number of allylic oxidation sites excluding steroid dienone is 2. The van der Waals surface area contributed by atoms with E-state index < -0.39 is 0 Å². The first kappa shape index (κ1) is 14.1. The van der Waals surface area contributed by atoms with Crippen LogP contribution in [0.2, 0.25) is 0 Å². The highest BCUT2D eigenvalue weighted by atomic mass is 19.1. The van der Waals surface area contributed by atoms with Crippen molar-refractivity contribution in [1.82, 2.24) is 4.90 Å². The van der Waals surface area contributed by atoms with Crippen LogP contribution in [0.1, 0.15) is 18.4 Å². The standard InChI is InChI=1S/C20H18FNO/c1-23-17-9-8-15-13-22-10-3-2-7-19(22)20(18(15)12-17)14-5-4-6-16(21)11-14/h4-9,11-13H,2-3,10H2,1H3. The molecule has 0 bridgehead atoms. The maximum Gasteiger partial charge on any atom is 0.123 e. The van der Waals surface area contributed by atoms with Crippen molar-refractivity contribution in [2.24, 2.45) is 0 Å². The molecule has 2 nitrogen and oxygen atoms in total. The number of hydrogen-bond donors (Lipinski definition) is 0. The summed E-state index contributed by atoms with van der Waals surface area (Å²) in [5.41, 5.74) is 3.16. The Morgan fingerprint density at radius 2 is 2.04 bits per heavy atom. The summed E-state index contributed by atoms with van der Waals surface area (Å²) >= 11 is 0. The molecule has 0 spiro atoms. The Morgan fingerprint density at radius 3 is 2.87 bits per heavy atom. The number of halogens is 1. The normalized spacial score (nSPS) is 16.2. The molecule has 23 heavy (non-hydrogen) atoms. The summed E-state index contributed by atoms with van der Waals surface area (Å²) in [4.78, 5) is 2.28. The van der Waals surface area contributed by atoms with E-state index in [1.165, 1.54) is 11.8 Å². The molecule has 0 unspecified atom stereocenters. The van der Waals surface area contributed by atoms with Crippen LogP contribution >= 0.6 is 0 Å². The third kappa shape index (κ3) is 2.42. The highest BCUT2D eigenvalue weighted by Crippen LogP contribution is 2.29. The van der Waals surface area contributed by atoms with E-state index in [1.807, 2.05) is 18.2 Å². The molecule has 3 heteroatoms. The number of fused-ring (bicyclic) bond motifs is 2. The van der Waals surface area contributed by atoms with Gasteiger partial charge in [0, 0.05) is 24.0 Å². The van der Waals surface area contributed by atoms with E-state index in [1.54, 1.807) is 19.2 Å². The molecule has 0 aromatic heterocycles. The quantitative estimate of drug-likeness (QED) is 0.846. The number of ether oxygens (including phenoxy) is 1. The fourth-order valence-corrected chi connectivity index (χ4v) is 3.36. The molecule has 0 saturated heterocycles. The molecule has 0 aliphatic carbocycles. The molecule has 2 aromatic rings. The van der Waals surface area contributed by atoms with Gasteiger partial charge in [-0.3, -0.25) is 0 Å². The second-order valence-corrected chi connectivity index (χ2v) is 5.89. The fourth-order valence-electron chi connectivity index (χ4n) is 3.36. The number of methoxy groups -OCH3 is 1. The Hall–Kier alpha value is -2.55. The van der Waals surface area contributed by atoms with E-state index in [0.717, 1.165) is 46.7 Å². The van der Waals surface area contributed by atoms with E-state index in [-0.39, 0.29) is 5.82 Å². The lowest BCUT2D eigenvalue weighted by Crippen LogP contribution is -2.39. The first-order valence-corrected chi connectivity index (χ1v) is 7.89. The Labute approximate surface area is 134 Å². The van der Waals surface area contributed by atoms with E-state index >= 15 is 0 Å². The molecule has 0 N–H and O–H groups in total. The van der Waals surface area contributed by atoms with Crippen molar-refractivity contribution in [3.8, 4) is 5.75 Å². The van der Waals surface area contributed by atoms with Crippen molar-refractivity contribution in [3.63, 3.8) is 0 Å². The lowest BCUT2D eigenvalue weighted by molar-refractivity contribution is 0.414. The van der Waals surface area contributed by atoms with Crippen LogP contribution in [0.3, 0.4) is 0 Å². The van der Waals surface area contributed by atoms with Crippen molar-refractivity contribution in [2.45, 2.75) is 12.8 Å². The highest BCUT2D eigenvalue weighted by molar-refractivity contribution is 5.81. The van der Waals surface area contributed by atoms with Crippen LogP contribution in [-0.2, 0) is 0 Å². The fraction of sp³-hybridized carbons (Fsp3) is 0.200. The maximum atomic E-state index is 13.8. The number of benzene rings is 2. The predicted molar refractivity (Wildman–Crippen MR) is 89.6 cm³/mol. The van der Waals surface area contributed by atoms with E-state index in [0.29, 0.717) is 0 Å². The van der Waals surface area contributed by atoms with Gasteiger partial charge in [0.2, 0.25) is 0 Å². The predicted octanol–water partition coefficient (Wildman–Crippen LogP) is 2.76. The van der Waals surface area contributed by atoms with Crippen LogP contribution in [0, 0.1) is 5.82 Å². The average Bonchev–Trinajstić information content (AvgIpc) is 2.59. The van der Waals surface area contributed by atoms with E-state index in [2.05, 4.69) is 23.2 Å². The van der Waals surface area contributed by atoms with Gasteiger partial charge in [0.15, 0.2) is 0 Å². The van der Waals surface area contributed by atoms with Crippen molar-refractivity contribution in [2.75, 3.05) is 13.7 Å². The molecular weight excluding hydrogens is 289 g/mol. The first-order valence-electron chi connectivity index (χ1n) is 7.89. The Bertz CT molecular complexity index is 913. The van der Waals surface area contributed by atoms with Gasteiger partial charge in [0.25, 0.3) is 0 Å². The highest BCUT2D eigenvalue weighted by Gasteiger charge is 2.21. The average molecular weight is 307 g/mol. The Morgan fingerprint density at radius 1 is 1.13 bits per heavy atom. The van der Waals surface area contributed by atoms with Crippen molar-refractivity contribution in [1.29, 1.82) is 0 Å². The summed E-state index contributed by atoms with van der Waals surface area (Å²) in [6.45, 7) is 0.996. The third-order valence-corrected chi connectivity index (χ3v) is 4.44. The van der Waals surface area contributed by atoms with Crippen molar-refractivity contribution in [3.05, 3.63) is 76.1 Å². The van der Waals surface area contributed by atoms with Crippen LogP contribution in [0.15, 0.2) is 54.2 Å². The zero-order valence-corrected chi connectivity index (χ0v) is 13.1. The lowest BCUT2D eigenvalue weighted by Gasteiger charge is -2.32. The molecule has 2 aliphatic rings. The number of rotatable bonds is 2. The van der Waals surface area contributed by atoms with Gasteiger partial charge in [-0.1, -0.05) is 18.2 Å². The SMILES string of the molecule is COc1ccc2c(c1)=C(c1cccc(F)c1)C1=CCCCN1C=2. The molecular formula is C20H18FNO. The van der Waals surface area contributed by atoms with Crippen LogP contribution < -0.4 is 15.2 Å². The number of hydrogen-bond acceptors (Lipinski definition) is 2. The molecule has 116 valence electrons. The lowest BCUT2D eigenvalue weighted by atomic mass is 9.93. The first-order chi connectivity index (χ1) is 11.3. The molecule has 0 atom stereocenters. The zero-order chi connectivity index (χ0) is 15.8. The minimum atomic E-state index is -0.211. The molecule has 2 aliphatic heterocycles.